The zero-order chi connectivity index (χ0) is 8.93. The topological polar surface area (TPSA) is 48.5 Å². The summed E-state index contributed by atoms with van der Waals surface area (Å²) in [5.74, 6) is 0.809. The summed E-state index contributed by atoms with van der Waals surface area (Å²) < 4.78 is 0. The molecular weight excluding hydrogens is 164 g/mol. The molecule has 0 amide bonds. The van der Waals surface area contributed by atoms with Crippen molar-refractivity contribution in [3.8, 4) is 0 Å². The first kappa shape index (κ1) is 7.91. The zero-order valence-corrected chi connectivity index (χ0v) is 7.25. The Morgan fingerprint density at radius 2 is 2.00 bits per heavy atom. The van der Waals surface area contributed by atoms with E-state index in [9.17, 15) is 0 Å². The van der Waals surface area contributed by atoms with Crippen LogP contribution in [-0.2, 0) is 0 Å². The van der Waals surface area contributed by atoms with Crippen LogP contribution in [0.4, 0.5) is 5.69 Å². The zero-order valence-electron chi connectivity index (χ0n) is 7.25. The van der Waals surface area contributed by atoms with E-state index >= 15 is 0 Å². The van der Waals surface area contributed by atoms with Crippen molar-refractivity contribution in [3.05, 3.63) is 30.3 Å². The number of hydrogen-bond donors (Lipinski definition) is 3. The van der Waals surface area contributed by atoms with Gasteiger partial charge in [-0.25, -0.2) is 0 Å². The van der Waals surface area contributed by atoms with Crippen LogP contribution in [0.3, 0.4) is 0 Å². The van der Waals surface area contributed by atoms with Gasteiger partial charge in [0.1, 0.15) is 0 Å². The van der Waals surface area contributed by atoms with Crippen molar-refractivity contribution in [3.63, 3.8) is 0 Å². The van der Waals surface area contributed by atoms with Crippen molar-refractivity contribution in [2.75, 3.05) is 18.5 Å². The molecule has 0 unspecified atom stereocenters. The molecule has 13 heavy (non-hydrogen) atoms. The van der Waals surface area contributed by atoms with Crippen LogP contribution in [-0.4, -0.2) is 19.0 Å². The van der Waals surface area contributed by atoms with Crippen LogP contribution in [0.25, 0.3) is 0 Å². The Labute approximate surface area is 77.0 Å². The first-order chi connectivity index (χ1) is 6.45. The van der Waals surface area contributed by atoms with Crippen LogP contribution in [0.5, 0.6) is 0 Å². The average Bonchev–Trinajstić information content (AvgIpc) is 2.69. The van der Waals surface area contributed by atoms with Gasteiger partial charge < -0.3 is 5.32 Å². The minimum Gasteiger partial charge on any atom is -0.353 e. The van der Waals surface area contributed by atoms with Crippen molar-refractivity contribution < 1.29 is 0 Å². The third-order valence-electron chi connectivity index (χ3n) is 1.77. The van der Waals surface area contributed by atoms with Gasteiger partial charge >= 0.3 is 0 Å². The first-order valence-corrected chi connectivity index (χ1v) is 4.30. The highest BCUT2D eigenvalue weighted by molar-refractivity contribution is 5.82. The van der Waals surface area contributed by atoms with E-state index in [2.05, 4.69) is 21.2 Å². The molecule has 0 aliphatic carbocycles. The fourth-order valence-corrected chi connectivity index (χ4v) is 1.13. The van der Waals surface area contributed by atoms with E-state index in [-0.39, 0.29) is 0 Å². The summed E-state index contributed by atoms with van der Waals surface area (Å²) in [5.41, 5.74) is 7.06. The predicted molar refractivity (Wildman–Crippen MR) is 53.5 cm³/mol. The second-order valence-electron chi connectivity index (χ2n) is 2.77. The standard InChI is InChI=1S/C9H12N4/c1-2-4-8(5-3-1)12-13-9-10-6-7-11-9/h1-5,12H,6-7H2,(H2,10,11,13). The maximum Gasteiger partial charge on any atom is 0.210 e. The number of nitrogens with one attached hydrogen (secondary N) is 3. The molecule has 0 atom stereocenters. The number of hydrazine groups is 1. The molecule has 1 aromatic rings. The molecule has 3 N–H and O–H groups in total. The van der Waals surface area contributed by atoms with Crippen molar-refractivity contribution >= 4 is 11.6 Å². The molecular formula is C9H12N4. The lowest BCUT2D eigenvalue weighted by molar-refractivity contribution is 0.937. The van der Waals surface area contributed by atoms with Crippen molar-refractivity contribution in [1.29, 1.82) is 0 Å². The van der Waals surface area contributed by atoms with Crippen LogP contribution >= 0.6 is 0 Å². The van der Waals surface area contributed by atoms with Gasteiger partial charge in [0.15, 0.2) is 0 Å². The Morgan fingerprint density at radius 1 is 1.15 bits per heavy atom. The van der Waals surface area contributed by atoms with Gasteiger partial charge in [-0.15, -0.1) is 0 Å². The molecule has 4 heteroatoms. The summed E-state index contributed by atoms with van der Waals surface area (Å²) in [5, 5.41) is 3.10. The van der Waals surface area contributed by atoms with Crippen LogP contribution < -0.4 is 16.2 Å². The molecule has 1 aromatic carbocycles. The highest BCUT2D eigenvalue weighted by Crippen LogP contribution is 2.02. The van der Waals surface area contributed by atoms with Gasteiger partial charge in [-0.2, -0.15) is 0 Å². The van der Waals surface area contributed by atoms with Gasteiger partial charge in [0, 0.05) is 6.54 Å². The number of nitrogens with zero attached hydrogens (tertiary/aromatic N) is 1. The maximum atomic E-state index is 4.18. The first-order valence-electron chi connectivity index (χ1n) is 4.30. The van der Waals surface area contributed by atoms with E-state index in [0.717, 1.165) is 24.7 Å². The molecule has 1 aliphatic rings. The summed E-state index contributed by atoms with van der Waals surface area (Å²) in [6.45, 7) is 1.76. The molecule has 1 heterocycles. The number of hydrogen-bond acceptors (Lipinski definition) is 4. The highest BCUT2D eigenvalue weighted by atomic mass is 15.4. The van der Waals surface area contributed by atoms with Gasteiger partial charge in [0.25, 0.3) is 0 Å². The summed E-state index contributed by atoms with van der Waals surface area (Å²) in [7, 11) is 0. The van der Waals surface area contributed by atoms with E-state index in [0.29, 0.717) is 0 Å². The number of para-hydroxylation sites is 1. The van der Waals surface area contributed by atoms with Crippen LogP contribution in [0.1, 0.15) is 0 Å². The van der Waals surface area contributed by atoms with Crippen molar-refractivity contribution in [2.45, 2.75) is 0 Å². The van der Waals surface area contributed by atoms with Gasteiger partial charge in [0.2, 0.25) is 5.96 Å². The predicted octanol–water partition coefficient (Wildman–Crippen LogP) is 0.562. The van der Waals surface area contributed by atoms with Gasteiger partial charge in [0.05, 0.1) is 12.2 Å². The minimum absolute atomic E-state index is 0.809. The third kappa shape index (κ3) is 2.11. The number of anilines is 1. The van der Waals surface area contributed by atoms with Gasteiger partial charge in [-0.1, -0.05) is 18.2 Å². The van der Waals surface area contributed by atoms with Gasteiger partial charge in [-0.05, 0) is 12.1 Å². The largest absolute Gasteiger partial charge is 0.353 e. The SMILES string of the molecule is c1ccc(NNC2=NCCN2)cc1. The Balaban J connectivity index is 1.86. The monoisotopic (exact) mass is 176 g/mol. The Kier molecular flexibility index (Phi) is 2.31. The van der Waals surface area contributed by atoms with Crippen molar-refractivity contribution in [1.82, 2.24) is 10.7 Å². The highest BCUT2D eigenvalue weighted by Gasteiger charge is 2.02. The molecule has 0 fully saturated rings. The van der Waals surface area contributed by atoms with E-state index in [1.54, 1.807) is 0 Å². The molecule has 0 aromatic heterocycles. The Hall–Kier alpha value is -1.71. The average molecular weight is 176 g/mol. The van der Waals surface area contributed by atoms with Crippen LogP contribution in [0.15, 0.2) is 35.3 Å². The van der Waals surface area contributed by atoms with Gasteiger partial charge in [-0.3, -0.25) is 15.8 Å². The number of rotatable bonds is 2. The van der Waals surface area contributed by atoms with Crippen LogP contribution in [0.2, 0.25) is 0 Å². The molecule has 4 nitrogen and oxygen atoms in total. The summed E-state index contributed by atoms with van der Waals surface area (Å²) in [6.07, 6.45) is 0. The molecule has 2 rings (SSSR count). The lowest BCUT2D eigenvalue weighted by Gasteiger charge is -2.08. The second-order valence-corrected chi connectivity index (χ2v) is 2.77. The van der Waals surface area contributed by atoms with Crippen molar-refractivity contribution in [2.24, 2.45) is 4.99 Å². The number of guanidine groups is 1. The molecule has 0 saturated heterocycles. The molecule has 0 bridgehead atoms. The minimum atomic E-state index is 0.809. The lowest BCUT2D eigenvalue weighted by atomic mass is 10.3. The third-order valence-corrected chi connectivity index (χ3v) is 1.77. The fourth-order valence-electron chi connectivity index (χ4n) is 1.13. The summed E-state index contributed by atoms with van der Waals surface area (Å²) in [6, 6.07) is 9.92. The maximum absolute atomic E-state index is 4.18. The molecule has 0 radical (unpaired) electrons. The Morgan fingerprint density at radius 3 is 2.69 bits per heavy atom. The molecule has 1 aliphatic heterocycles. The van der Waals surface area contributed by atoms with E-state index in [4.69, 9.17) is 0 Å². The van der Waals surface area contributed by atoms with E-state index in [1.165, 1.54) is 0 Å². The summed E-state index contributed by atoms with van der Waals surface area (Å²) >= 11 is 0. The number of benzene rings is 1. The van der Waals surface area contributed by atoms with Crippen LogP contribution in [0, 0.1) is 0 Å². The molecule has 0 saturated carbocycles. The smallest absolute Gasteiger partial charge is 0.210 e. The molecule has 68 valence electrons. The summed E-state index contributed by atoms with van der Waals surface area (Å²) in [4.78, 5) is 4.18. The van der Waals surface area contributed by atoms with E-state index < -0.39 is 0 Å². The quantitative estimate of drug-likeness (QED) is 0.577. The van der Waals surface area contributed by atoms with E-state index in [1.807, 2.05) is 30.3 Å². The Bertz CT molecular complexity index is 294. The molecule has 0 spiro atoms. The number of aliphatic imine (C=N–C) groups is 1. The normalized spacial score (nSPS) is 14.6. The lowest BCUT2D eigenvalue weighted by Crippen LogP contribution is -2.37. The fraction of sp³-hybridized carbons (Fsp3) is 0.222. The second kappa shape index (κ2) is 3.80.